The molecule has 0 saturated carbocycles. The van der Waals surface area contributed by atoms with Crippen LogP contribution in [0.3, 0.4) is 0 Å². The Morgan fingerprint density at radius 1 is 1.47 bits per heavy atom. The first-order valence-electron chi connectivity index (χ1n) is 4.51. The van der Waals surface area contributed by atoms with E-state index in [0.717, 1.165) is 23.0 Å². The van der Waals surface area contributed by atoms with Gasteiger partial charge in [0.25, 0.3) is 0 Å². The lowest BCUT2D eigenvalue weighted by atomic mass is 10.0. The molecule has 0 radical (unpaired) electrons. The van der Waals surface area contributed by atoms with Crippen molar-refractivity contribution in [3.05, 3.63) is 47.5 Å². The monoisotopic (exact) mass is 223 g/mol. The highest BCUT2D eigenvalue weighted by molar-refractivity contribution is 6.99. The normalized spacial score (nSPS) is 12.7. The van der Waals surface area contributed by atoms with Gasteiger partial charge in [-0.05, 0) is 24.7 Å². The van der Waals surface area contributed by atoms with Crippen molar-refractivity contribution in [3.8, 4) is 0 Å². The molecule has 1 aromatic carbocycles. The average Bonchev–Trinajstić information content (AvgIpc) is 2.72. The Morgan fingerprint density at radius 2 is 2.33 bits per heavy atom. The molecule has 2 rings (SSSR count). The molecule has 0 fully saturated rings. The summed E-state index contributed by atoms with van der Waals surface area (Å²) in [5.41, 5.74) is 1.67. The first-order chi connectivity index (χ1) is 7.31. The van der Waals surface area contributed by atoms with Gasteiger partial charge in [-0.3, -0.25) is 0 Å². The molecular weight excluding hydrogens is 213 g/mol. The van der Waals surface area contributed by atoms with Crippen LogP contribution in [0, 0.1) is 5.82 Å². The average molecular weight is 223 g/mol. The number of nitrogens with zero attached hydrogens (tertiary/aromatic N) is 2. The van der Waals surface area contributed by atoms with E-state index in [-0.39, 0.29) is 11.9 Å². The summed E-state index contributed by atoms with van der Waals surface area (Å²) >= 11 is 1.15. The summed E-state index contributed by atoms with van der Waals surface area (Å²) in [4.78, 5) is 0. The molecule has 2 aromatic rings. The molecule has 0 aliphatic carbocycles. The molecule has 0 aliphatic rings. The maximum atomic E-state index is 13.0. The molecule has 0 amide bonds. The Morgan fingerprint density at radius 3 is 2.93 bits per heavy atom. The molecule has 1 atom stereocenters. The topological polar surface area (TPSA) is 37.8 Å². The second kappa shape index (κ2) is 4.46. The van der Waals surface area contributed by atoms with Crippen LogP contribution in [0.1, 0.15) is 17.3 Å². The second-order valence-electron chi connectivity index (χ2n) is 3.11. The van der Waals surface area contributed by atoms with Crippen LogP contribution in [-0.4, -0.2) is 15.8 Å². The van der Waals surface area contributed by atoms with Crippen LogP contribution < -0.4 is 5.32 Å². The molecular formula is C10H10FN3S. The van der Waals surface area contributed by atoms with Gasteiger partial charge in [0.2, 0.25) is 0 Å². The molecule has 0 bridgehead atoms. The minimum atomic E-state index is -0.240. The van der Waals surface area contributed by atoms with Crippen molar-refractivity contribution in [3.63, 3.8) is 0 Å². The Labute approximate surface area is 91.3 Å². The minimum absolute atomic E-state index is 0.0977. The van der Waals surface area contributed by atoms with E-state index >= 15 is 0 Å². The van der Waals surface area contributed by atoms with E-state index in [4.69, 9.17) is 0 Å². The van der Waals surface area contributed by atoms with Crippen molar-refractivity contribution >= 4 is 11.7 Å². The van der Waals surface area contributed by atoms with Crippen molar-refractivity contribution in [1.82, 2.24) is 14.1 Å². The highest BCUT2D eigenvalue weighted by Crippen LogP contribution is 2.20. The van der Waals surface area contributed by atoms with Crippen LogP contribution >= 0.6 is 11.7 Å². The number of hydrogen-bond donors (Lipinski definition) is 1. The van der Waals surface area contributed by atoms with Crippen LogP contribution in [-0.2, 0) is 0 Å². The summed E-state index contributed by atoms with van der Waals surface area (Å²) in [5.74, 6) is -0.240. The molecule has 15 heavy (non-hydrogen) atoms. The van der Waals surface area contributed by atoms with Crippen LogP contribution in [0.5, 0.6) is 0 Å². The predicted molar refractivity (Wildman–Crippen MR) is 57.2 cm³/mol. The largest absolute Gasteiger partial charge is 0.308 e. The number of nitrogens with one attached hydrogen (secondary N) is 1. The third-order valence-electron chi connectivity index (χ3n) is 2.14. The molecule has 5 heteroatoms. The van der Waals surface area contributed by atoms with Crippen LogP contribution in [0.25, 0.3) is 0 Å². The second-order valence-corrected chi connectivity index (χ2v) is 3.67. The van der Waals surface area contributed by atoms with E-state index in [9.17, 15) is 4.39 Å². The van der Waals surface area contributed by atoms with E-state index in [1.807, 2.05) is 13.1 Å². The Hall–Kier alpha value is -1.33. The number of rotatable bonds is 3. The minimum Gasteiger partial charge on any atom is -0.308 e. The highest BCUT2D eigenvalue weighted by atomic mass is 32.1. The lowest BCUT2D eigenvalue weighted by Crippen LogP contribution is -2.17. The Kier molecular flexibility index (Phi) is 3.03. The first kappa shape index (κ1) is 10.2. The van der Waals surface area contributed by atoms with Gasteiger partial charge in [-0.15, -0.1) is 0 Å². The van der Waals surface area contributed by atoms with E-state index in [2.05, 4.69) is 14.1 Å². The van der Waals surface area contributed by atoms with Gasteiger partial charge in [0, 0.05) is 0 Å². The molecule has 1 unspecified atom stereocenters. The van der Waals surface area contributed by atoms with Crippen molar-refractivity contribution in [2.24, 2.45) is 0 Å². The summed E-state index contributed by atoms with van der Waals surface area (Å²) in [6, 6.07) is 6.38. The zero-order chi connectivity index (χ0) is 10.7. The van der Waals surface area contributed by atoms with E-state index in [1.54, 1.807) is 12.3 Å². The van der Waals surface area contributed by atoms with Crippen molar-refractivity contribution in [2.75, 3.05) is 7.05 Å². The molecule has 0 aliphatic heterocycles. The summed E-state index contributed by atoms with van der Waals surface area (Å²) < 4.78 is 21.1. The highest BCUT2D eigenvalue weighted by Gasteiger charge is 2.14. The van der Waals surface area contributed by atoms with Gasteiger partial charge in [-0.2, -0.15) is 8.75 Å². The maximum Gasteiger partial charge on any atom is 0.123 e. The van der Waals surface area contributed by atoms with Gasteiger partial charge in [-0.1, -0.05) is 12.1 Å². The fourth-order valence-corrected chi connectivity index (χ4v) is 1.92. The lowest BCUT2D eigenvalue weighted by molar-refractivity contribution is 0.615. The molecule has 0 spiro atoms. The van der Waals surface area contributed by atoms with Crippen molar-refractivity contribution < 1.29 is 4.39 Å². The van der Waals surface area contributed by atoms with Gasteiger partial charge in [0.15, 0.2) is 0 Å². The summed E-state index contributed by atoms with van der Waals surface area (Å²) in [6.07, 6.45) is 1.69. The molecule has 78 valence electrons. The number of hydrogen-bond acceptors (Lipinski definition) is 4. The van der Waals surface area contributed by atoms with Crippen LogP contribution in [0.4, 0.5) is 4.39 Å². The summed E-state index contributed by atoms with van der Waals surface area (Å²) in [6.45, 7) is 0. The SMILES string of the molecule is CNC(c1cccc(F)c1)c1cnsn1. The Bertz CT molecular complexity index is 430. The zero-order valence-corrected chi connectivity index (χ0v) is 8.96. The standard InChI is InChI=1S/C10H10FN3S/c1-12-10(9-6-13-15-14-9)7-3-2-4-8(11)5-7/h2-6,10,12H,1H3. The van der Waals surface area contributed by atoms with Gasteiger partial charge in [0.1, 0.15) is 5.82 Å². The first-order valence-corrected chi connectivity index (χ1v) is 5.24. The number of benzene rings is 1. The Balaban J connectivity index is 2.35. The van der Waals surface area contributed by atoms with E-state index in [1.165, 1.54) is 12.1 Å². The van der Waals surface area contributed by atoms with E-state index in [0.29, 0.717) is 0 Å². The maximum absolute atomic E-state index is 13.0. The third kappa shape index (κ3) is 2.19. The smallest absolute Gasteiger partial charge is 0.123 e. The van der Waals surface area contributed by atoms with Crippen LogP contribution in [0.15, 0.2) is 30.5 Å². The van der Waals surface area contributed by atoms with Gasteiger partial charge in [-0.25, -0.2) is 4.39 Å². The molecule has 0 saturated heterocycles. The number of aromatic nitrogens is 2. The lowest BCUT2D eigenvalue weighted by Gasteiger charge is -2.13. The van der Waals surface area contributed by atoms with Crippen molar-refractivity contribution in [2.45, 2.75) is 6.04 Å². The number of halogens is 1. The fourth-order valence-electron chi connectivity index (χ4n) is 1.47. The molecule has 1 heterocycles. The molecule has 1 aromatic heterocycles. The quantitative estimate of drug-likeness (QED) is 0.864. The van der Waals surface area contributed by atoms with Crippen molar-refractivity contribution in [1.29, 1.82) is 0 Å². The summed E-state index contributed by atoms with van der Waals surface area (Å²) in [5, 5.41) is 3.09. The van der Waals surface area contributed by atoms with E-state index < -0.39 is 0 Å². The van der Waals surface area contributed by atoms with Gasteiger partial charge < -0.3 is 5.32 Å². The van der Waals surface area contributed by atoms with Gasteiger partial charge >= 0.3 is 0 Å². The summed E-state index contributed by atoms with van der Waals surface area (Å²) in [7, 11) is 1.81. The van der Waals surface area contributed by atoms with Crippen LogP contribution in [0.2, 0.25) is 0 Å². The predicted octanol–water partition coefficient (Wildman–Crippen LogP) is 1.99. The van der Waals surface area contributed by atoms with Gasteiger partial charge in [0.05, 0.1) is 29.7 Å². The third-order valence-corrected chi connectivity index (χ3v) is 2.64. The molecule has 3 nitrogen and oxygen atoms in total. The molecule has 1 N–H and O–H groups in total. The zero-order valence-electron chi connectivity index (χ0n) is 8.14. The fraction of sp³-hybridized carbons (Fsp3) is 0.200.